The molecule has 1 unspecified atom stereocenters. The monoisotopic (exact) mass is 621 g/mol. The average molecular weight is 622 g/mol. The molecule has 2 aromatic carbocycles. The second-order valence-electron chi connectivity index (χ2n) is 12.4. The Morgan fingerprint density at radius 3 is 2.61 bits per heavy atom. The summed E-state index contributed by atoms with van der Waals surface area (Å²) >= 11 is 0. The van der Waals surface area contributed by atoms with Crippen LogP contribution in [0.1, 0.15) is 59.5 Å². The van der Waals surface area contributed by atoms with Crippen LogP contribution in [0.25, 0.3) is 22.2 Å². The molecule has 2 N–H and O–H groups in total. The van der Waals surface area contributed by atoms with E-state index < -0.39 is 16.1 Å². The van der Waals surface area contributed by atoms with Crippen LogP contribution in [0.3, 0.4) is 0 Å². The molecule has 2 aliphatic heterocycles. The lowest BCUT2D eigenvalue weighted by atomic mass is 9.81. The third-order valence-electron chi connectivity index (χ3n) is 9.61. The summed E-state index contributed by atoms with van der Waals surface area (Å²) in [6.07, 6.45) is 7.37. The highest BCUT2D eigenvalue weighted by atomic mass is 32.2. The number of nitrogens with one attached hydrogen (secondary N) is 2. The zero-order valence-electron chi connectivity index (χ0n) is 25.7. The summed E-state index contributed by atoms with van der Waals surface area (Å²) in [7, 11) is -0.883. The second-order valence-corrected chi connectivity index (χ2v) is 14.2. The minimum Gasteiger partial charge on any atom is -0.497 e. The van der Waals surface area contributed by atoms with Crippen molar-refractivity contribution in [1.29, 1.82) is 0 Å². The number of carbonyl (C=O) groups is 2. The van der Waals surface area contributed by atoms with Gasteiger partial charge in [-0.3, -0.25) is 9.69 Å². The molecule has 3 heterocycles. The first kappa shape index (κ1) is 30.8. The maximum absolute atomic E-state index is 13.4. The van der Waals surface area contributed by atoms with Gasteiger partial charge in [0, 0.05) is 80.8 Å². The van der Waals surface area contributed by atoms with Crippen LogP contribution < -0.4 is 14.8 Å². The van der Waals surface area contributed by atoms with E-state index in [1.807, 2.05) is 18.2 Å². The molecular formula is C33H43N5O5S. The highest BCUT2D eigenvalue weighted by Gasteiger charge is 2.32. The summed E-state index contributed by atoms with van der Waals surface area (Å²) in [5, 5.41) is 4.36. The quantitative estimate of drug-likeness (QED) is 0.352. The van der Waals surface area contributed by atoms with Crippen LogP contribution in [0.5, 0.6) is 5.75 Å². The van der Waals surface area contributed by atoms with Gasteiger partial charge in [-0.1, -0.05) is 25.3 Å². The van der Waals surface area contributed by atoms with Crippen molar-refractivity contribution in [2.75, 3.05) is 53.4 Å². The predicted molar refractivity (Wildman–Crippen MR) is 171 cm³/mol. The number of benzene rings is 2. The van der Waals surface area contributed by atoms with Crippen LogP contribution >= 0.6 is 0 Å². The Morgan fingerprint density at radius 2 is 1.89 bits per heavy atom. The van der Waals surface area contributed by atoms with Crippen LogP contribution in [0.2, 0.25) is 0 Å². The summed E-state index contributed by atoms with van der Waals surface area (Å²) in [6, 6.07) is 11.6. The molecule has 1 aromatic heterocycles. The molecule has 2 fully saturated rings. The molecule has 1 aliphatic carbocycles. The lowest BCUT2D eigenvalue weighted by Crippen LogP contribution is -2.48. The molecule has 3 aliphatic rings. The van der Waals surface area contributed by atoms with Crippen molar-refractivity contribution >= 4 is 33.3 Å². The molecule has 236 valence electrons. The summed E-state index contributed by atoms with van der Waals surface area (Å²) in [5.74, 6) is 0.213. The maximum Gasteiger partial charge on any atom is 0.303 e. The van der Waals surface area contributed by atoms with E-state index in [0.717, 1.165) is 78.8 Å². The standard InChI is InChI=1S/C33H43N5O5S/c1-36(16-17-37-14-12-34-13-15-37)44(41,42)35-33(40)25-8-10-29-30(20-25)38-21-23(22-39)18-26-19-27(43-2)9-11-28(26)32(38)31(29)24-6-4-3-5-7-24/h8-11,19-20,22-24,34H,3-7,12-18,21H2,1-2H3,(H,35,40). The number of aromatic nitrogens is 1. The van der Waals surface area contributed by atoms with Crippen LogP contribution in [0.4, 0.5) is 0 Å². The van der Waals surface area contributed by atoms with Gasteiger partial charge in [-0.2, -0.15) is 12.7 Å². The van der Waals surface area contributed by atoms with E-state index in [1.165, 1.54) is 36.2 Å². The topological polar surface area (TPSA) is 113 Å². The fourth-order valence-corrected chi connectivity index (χ4v) is 7.99. The second kappa shape index (κ2) is 13.0. The zero-order chi connectivity index (χ0) is 30.8. The third-order valence-corrected chi connectivity index (χ3v) is 11.1. The van der Waals surface area contributed by atoms with Gasteiger partial charge in [0.1, 0.15) is 12.0 Å². The number of fused-ring (bicyclic) bond motifs is 5. The summed E-state index contributed by atoms with van der Waals surface area (Å²) < 4.78 is 37.5. The van der Waals surface area contributed by atoms with Gasteiger partial charge in [0.05, 0.1) is 12.8 Å². The van der Waals surface area contributed by atoms with Gasteiger partial charge in [-0.05, 0) is 66.6 Å². The molecule has 1 saturated heterocycles. The minimum atomic E-state index is -4.03. The molecule has 10 nitrogen and oxygen atoms in total. The smallest absolute Gasteiger partial charge is 0.303 e. The van der Waals surface area contributed by atoms with Gasteiger partial charge >= 0.3 is 10.2 Å². The largest absolute Gasteiger partial charge is 0.497 e. The molecule has 0 radical (unpaired) electrons. The molecule has 1 saturated carbocycles. The predicted octanol–water partition coefficient (Wildman–Crippen LogP) is 3.55. The molecule has 0 bridgehead atoms. The first-order valence-corrected chi connectivity index (χ1v) is 17.2. The Kier molecular flexibility index (Phi) is 9.09. The number of carbonyl (C=O) groups excluding carboxylic acids is 2. The van der Waals surface area contributed by atoms with Gasteiger partial charge in [0.25, 0.3) is 5.91 Å². The number of rotatable bonds is 9. The van der Waals surface area contributed by atoms with Gasteiger partial charge in [-0.15, -0.1) is 0 Å². The Hall–Kier alpha value is -3.25. The van der Waals surface area contributed by atoms with Gasteiger partial charge in [0.2, 0.25) is 0 Å². The highest BCUT2D eigenvalue weighted by Crippen LogP contribution is 2.47. The number of piperazine rings is 1. The fraction of sp³-hybridized carbons (Fsp3) is 0.515. The Labute approximate surface area is 259 Å². The maximum atomic E-state index is 13.4. The number of amides is 1. The molecule has 11 heteroatoms. The number of likely N-dealkylation sites (N-methyl/N-ethyl adjacent to an activating group) is 1. The normalized spacial score (nSPS) is 19.8. The number of ether oxygens (including phenoxy) is 1. The Bertz CT molecular complexity index is 1640. The van der Waals surface area contributed by atoms with Gasteiger partial charge in [-0.25, -0.2) is 4.72 Å². The lowest BCUT2D eigenvalue weighted by molar-refractivity contribution is -0.111. The number of nitrogens with zero attached hydrogens (tertiary/aromatic N) is 3. The van der Waals surface area contributed by atoms with Crippen molar-refractivity contribution in [3.63, 3.8) is 0 Å². The number of hydrogen-bond donors (Lipinski definition) is 2. The third kappa shape index (κ3) is 6.15. The SMILES string of the molecule is COc1ccc2c(c1)CC(C=O)Cn1c-2c(C2CCCCC2)c2ccc(C(=O)NS(=O)(=O)N(C)CCN3CCNCC3)cc21. The Balaban J connectivity index is 1.36. The summed E-state index contributed by atoms with van der Waals surface area (Å²) in [5.41, 5.74) is 5.67. The van der Waals surface area contributed by atoms with Crippen molar-refractivity contribution in [2.45, 2.75) is 51.0 Å². The van der Waals surface area contributed by atoms with E-state index >= 15 is 0 Å². The Morgan fingerprint density at radius 1 is 1.11 bits per heavy atom. The summed E-state index contributed by atoms with van der Waals surface area (Å²) in [6.45, 7) is 4.88. The van der Waals surface area contributed by atoms with Crippen molar-refractivity contribution in [2.24, 2.45) is 5.92 Å². The summed E-state index contributed by atoms with van der Waals surface area (Å²) in [4.78, 5) is 27.9. The number of methoxy groups -OCH3 is 1. The highest BCUT2D eigenvalue weighted by molar-refractivity contribution is 7.87. The average Bonchev–Trinajstić information content (AvgIpc) is 3.26. The van der Waals surface area contributed by atoms with E-state index in [1.54, 1.807) is 19.2 Å². The molecule has 0 spiro atoms. The van der Waals surface area contributed by atoms with Crippen molar-refractivity contribution in [1.82, 2.24) is 23.8 Å². The molecule has 3 aromatic rings. The van der Waals surface area contributed by atoms with Crippen molar-refractivity contribution in [3.8, 4) is 17.0 Å². The van der Waals surface area contributed by atoms with Crippen LogP contribution in [0, 0.1) is 5.92 Å². The first-order chi connectivity index (χ1) is 21.3. The first-order valence-electron chi connectivity index (χ1n) is 15.8. The molecule has 44 heavy (non-hydrogen) atoms. The molecule has 6 rings (SSSR count). The lowest BCUT2D eigenvalue weighted by Gasteiger charge is -2.28. The van der Waals surface area contributed by atoms with E-state index in [9.17, 15) is 18.0 Å². The van der Waals surface area contributed by atoms with E-state index in [2.05, 4.69) is 25.6 Å². The van der Waals surface area contributed by atoms with Crippen LogP contribution in [-0.4, -0.2) is 87.8 Å². The minimum absolute atomic E-state index is 0.251. The van der Waals surface area contributed by atoms with E-state index in [-0.39, 0.29) is 18.0 Å². The van der Waals surface area contributed by atoms with Crippen molar-refractivity contribution < 1.29 is 22.7 Å². The van der Waals surface area contributed by atoms with Gasteiger partial charge < -0.3 is 19.4 Å². The van der Waals surface area contributed by atoms with E-state index in [4.69, 9.17) is 4.74 Å². The fourth-order valence-electron chi connectivity index (χ4n) is 7.16. The van der Waals surface area contributed by atoms with Crippen LogP contribution in [-0.2, 0) is 28.0 Å². The van der Waals surface area contributed by atoms with Crippen molar-refractivity contribution in [3.05, 3.63) is 53.1 Å². The van der Waals surface area contributed by atoms with E-state index in [0.29, 0.717) is 25.4 Å². The zero-order valence-corrected chi connectivity index (χ0v) is 26.5. The molecular weight excluding hydrogens is 578 g/mol. The molecule has 1 atom stereocenters. The number of hydrogen-bond acceptors (Lipinski definition) is 7. The van der Waals surface area contributed by atoms with Gasteiger partial charge in [0.15, 0.2) is 0 Å². The molecule has 1 amide bonds. The number of aldehydes is 1. The van der Waals surface area contributed by atoms with Crippen LogP contribution in [0.15, 0.2) is 36.4 Å².